The number of hydrogen-bond acceptors (Lipinski definition) is 3. The molecule has 0 aliphatic carbocycles. The molecule has 1 heterocycles. The van der Waals surface area contributed by atoms with Crippen LogP contribution in [0.3, 0.4) is 0 Å². The summed E-state index contributed by atoms with van der Waals surface area (Å²) in [6.07, 6.45) is 0.0929. The molecule has 0 saturated carbocycles. The molecule has 0 saturated heterocycles. The van der Waals surface area contributed by atoms with Crippen LogP contribution in [0.4, 0.5) is 15.8 Å². The van der Waals surface area contributed by atoms with E-state index in [1.165, 1.54) is 12.1 Å². The second-order valence-corrected chi connectivity index (χ2v) is 6.16. The first-order valence-corrected chi connectivity index (χ1v) is 8.54. The van der Waals surface area contributed by atoms with Gasteiger partial charge >= 0.3 is 0 Å². The smallest absolute Gasteiger partial charge is 0.293 e. The summed E-state index contributed by atoms with van der Waals surface area (Å²) in [4.78, 5) is 24.6. The number of alkyl halides is 1. The van der Waals surface area contributed by atoms with Gasteiger partial charge in [-0.3, -0.25) is 9.59 Å². The van der Waals surface area contributed by atoms with Crippen molar-refractivity contribution in [1.82, 2.24) is 0 Å². The third kappa shape index (κ3) is 3.81. The first kappa shape index (κ1) is 18.2. The number of halogens is 3. The molecule has 0 bridgehead atoms. The summed E-state index contributed by atoms with van der Waals surface area (Å²) in [5.74, 6) is -1.47. The highest BCUT2D eigenvalue weighted by Crippen LogP contribution is 2.32. The second kappa shape index (κ2) is 7.76. The molecule has 2 amide bonds. The largest absolute Gasteiger partial charge is 0.449 e. The predicted molar refractivity (Wildman–Crippen MR) is 99.5 cm³/mol. The van der Waals surface area contributed by atoms with E-state index < -0.39 is 11.7 Å². The minimum absolute atomic E-state index is 0.0745. The molecule has 0 spiro atoms. The first-order valence-electron chi connectivity index (χ1n) is 7.63. The average molecular weight is 395 g/mol. The summed E-state index contributed by atoms with van der Waals surface area (Å²) in [5.41, 5.74) is 0.984. The molecule has 0 radical (unpaired) electrons. The molecule has 8 heteroatoms. The normalized spacial score (nSPS) is 10.7. The lowest BCUT2D eigenvalue weighted by atomic mass is 10.2. The van der Waals surface area contributed by atoms with Crippen molar-refractivity contribution >= 4 is 57.4 Å². The van der Waals surface area contributed by atoms with E-state index in [4.69, 9.17) is 27.6 Å². The van der Waals surface area contributed by atoms with Crippen LogP contribution in [0.5, 0.6) is 0 Å². The molecule has 3 rings (SSSR count). The maximum absolute atomic E-state index is 13.3. The number of benzene rings is 2. The van der Waals surface area contributed by atoms with Gasteiger partial charge in [0.2, 0.25) is 11.7 Å². The number of fused-ring (bicyclic) bond motifs is 1. The lowest BCUT2D eigenvalue weighted by molar-refractivity contribution is -0.115. The summed E-state index contributed by atoms with van der Waals surface area (Å²) >= 11 is 11.3. The van der Waals surface area contributed by atoms with Gasteiger partial charge in [-0.1, -0.05) is 23.7 Å². The van der Waals surface area contributed by atoms with Gasteiger partial charge in [0, 0.05) is 23.4 Å². The average Bonchev–Trinajstić information content (AvgIpc) is 2.97. The number of nitrogens with one attached hydrogen (secondary N) is 2. The molecule has 1 aromatic heterocycles. The van der Waals surface area contributed by atoms with E-state index in [0.717, 1.165) is 6.07 Å². The number of carbonyl (C=O) groups excluding carboxylic acids is 2. The third-order valence-corrected chi connectivity index (χ3v) is 4.04. The number of rotatable bonds is 5. The summed E-state index contributed by atoms with van der Waals surface area (Å²) in [6, 6.07) is 10.7. The van der Waals surface area contributed by atoms with Crippen molar-refractivity contribution in [3.05, 3.63) is 59.1 Å². The van der Waals surface area contributed by atoms with Gasteiger partial charge in [-0.15, -0.1) is 11.6 Å². The summed E-state index contributed by atoms with van der Waals surface area (Å²) < 4.78 is 18.9. The molecule has 0 fully saturated rings. The van der Waals surface area contributed by atoms with Gasteiger partial charge in [-0.05, 0) is 30.3 Å². The van der Waals surface area contributed by atoms with Crippen molar-refractivity contribution in [2.45, 2.75) is 6.42 Å². The van der Waals surface area contributed by atoms with Gasteiger partial charge in [0.05, 0.1) is 5.02 Å². The Labute approximate surface area is 158 Å². The lowest BCUT2D eigenvalue weighted by Gasteiger charge is -2.07. The Morgan fingerprint density at radius 3 is 2.62 bits per heavy atom. The van der Waals surface area contributed by atoms with Crippen molar-refractivity contribution in [3.8, 4) is 0 Å². The topological polar surface area (TPSA) is 71.3 Å². The van der Waals surface area contributed by atoms with Crippen LogP contribution in [0.2, 0.25) is 5.02 Å². The van der Waals surface area contributed by atoms with Crippen molar-refractivity contribution in [2.24, 2.45) is 0 Å². The van der Waals surface area contributed by atoms with E-state index in [2.05, 4.69) is 10.6 Å². The molecule has 3 aromatic rings. The van der Waals surface area contributed by atoms with Crippen molar-refractivity contribution < 1.29 is 18.4 Å². The van der Waals surface area contributed by atoms with Gasteiger partial charge in [-0.25, -0.2) is 4.39 Å². The minimum atomic E-state index is -0.606. The SMILES string of the molecule is O=C(CCCl)Nc1c(C(=O)Nc2ccc(F)c(Cl)c2)oc2ccccc12. The van der Waals surface area contributed by atoms with E-state index in [0.29, 0.717) is 16.7 Å². The molecule has 2 N–H and O–H groups in total. The zero-order valence-electron chi connectivity index (χ0n) is 13.3. The van der Waals surface area contributed by atoms with E-state index in [1.807, 2.05) is 0 Å². The molecule has 0 unspecified atom stereocenters. The molecule has 2 aromatic carbocycles. The summed E-state index contributed by atoms with van der Waals surface area (Å²) in [7, 11) is 0. The summed E-state index contributed by atoms with van der Waals surface area (Å²) in [6.45, 7) is 0. The van der Waals surface area contributed by atoms with Crippen molar-refractivity contribution in [1.29, 1.82) is 0 Å². The molecule has 134 valence electrons. The number of furan rings is 1. The monoisotopic (exact) mass is 394 g/mol. The van der Waals surface area contributed by atoms with Crippen LogP contribution in [-0.4, -0.2) is 17.7 Å². The number of carbonyl (C=O) groups is 2. The fraction of sp³-hybridized carbons (Fsp3) is 0.111. The van der Waals surface area contributed by atoms with Crippen LogP contribution in [0, 0.1) is 5.82 Å². The minimum Gasteiger partial charge on any atom is -0.449 e. The predicted octanol–water partition coefficient (Wildman–Crippen LogP) is 5.05. The van der Waals surface area contributed by atoms with Gasteiger partial charge in [0.1, 0.15) is 17.1 Å². The Morgan fingerprint density at radius 1 is 1.12 bits per heavy atom. The molecular weight excluding hydrogens is 382 g/mol. The fourth-order valence-corrected chi connectivity index (χ4v) is 2.73. The molecule has 26 heavy (non-hydrogen) atoms. The number of anilines is 2. The Balaban J connectivity index is 1.95. The van der Waals surface area contributed by atoms with Crippen LogP contribution in [0.15, 0.2) is 46.9 Å². The standard InChI is InChI=1S/C18H13Cl2FN2O3/c19-8-7-15(24)23-16-11-3-1-2-4-14(11)26-17(16)18(25)22-10-5-6-13(21)12(20)9-10/h1-6,9H,7-8H2,(H,22,25)(H,23,24). The molecular formula is C18H13Cl2FN2O3. The Morgan fingerprint density at radius 2 is 1.88 bits per heavy atom. The highest BCUT2D eigenvalue weighted by Gasteiger charge is 2.22. The van der Waals surface area contributed by atoms with Crippen LogP contribution in [-0.2, 0) is 4.79 Å². The highest BCUT2D eigenvalue weighted by molar-refractivity contribution is 6.31. The second-order valence-electron chi connectivity index (χ2n) is 5.37. The van der Waals surface area contributed by atoms with Crippen LogP contribution < -0.4 is 10.6 Å². The van der Waals surface area contributed by atoms with E-state index in [9.17, 15) is 14.0 Å². The van der Waals surface area contributed by atoms with Gasteiger partial charge in [0.25, 0.3) is 5.91 Å². The maximum Gasteiger partial charge on any atom is 0.293 e. The van der Waals surface area contributed by atoms with Crippen molar-refractivity contribution in [2.75, 3.05) is 16.5 Å². The highest BCUT2D eigenvalue weighted by atomic mass is 35.5. The van der Waals surface area contributed by atoms with E-state index in [-0.39, 0.29) is 34.7 Å². The Bertz CT molecular complexity index is 988. The number of hydrogen-bond donors (Lipinski definition) is 2. The summed E-state index contributed by atoms with van der Waals surface area (Å²) in [5, 5.41) is 5.69. The molecule has 0 atom stereocenters. The molecule has 0 aliphatic rings. The van der Waals surface area contributed by atoms with Gasteiger partial charge in [0.15, 0.2) is 0 Å². The first-order chi connectivity index (χ1) is 12.5. The van der Waals surface area contributed by atoms with Crippen LogP contribution >= 0.6 is 23.2 Å². The van der Waals surface area contributed by atoms with Crippen molar-refractivity contribution in [3.63, 3.8) is 0 Å². The number of para-hydroxylation sites is 1. The van der Waals surface area contributed by atoms with Gasteiger partial charge in [-0.2, -0.15) is 0 Å². The Hall–Kier alpha value is -2.57. The van der Waals surface area contributed by atoms with Gasteiger partial charge < -0.3 is 15.1 Å². The van der Waals surface area contributed by atoms with E-state index in [1.54, 1.807) is 24.3 Å². The maximum atomic E-state index is 13.3. The van der Waals surface area contributed by atoms with E-state index >= 15 is 0 Å². The molecule has 5 nitrogen and oxygen atoms in total. The zero-order chi connectivity index (χ0) is 18.7. The quantitative estimate of drug-likeness (QED) is 0.595. The third-order valence-electron chi connectivity index (χ3n) is 3.57. The van der Waals surface area contributed by atoms with Crippen LogP contribution in [0.1, 0.15) is 17.0 Å². The molecule has 0 aliphatic heterocycles. The number of amides is 2. The van der Waals surface area contributed by atoms with Crippen LogP contribution in [0.25, 0.3) is 11.0 Å². The zero-order valence-corrected chi connectivity index (χ0v) is 14.8. The Kier molecular flexibility index (Phi) is 5.44. The lowest BCUT2D eigenvalue weighted by Crippen LogP contribution is -2.17. The fourth-order valence-electron chi connectivity index (χ4n) is 2.38.